The van der Waals surface area contributed by atoms with Crippen molar-refractivity contribution in [3.63, 3.8) is 0 Å². The molecule has 0 radical (unpaired) electrons. The lowest BCUT2D eigenvalue weighted by molar-refractivity contribution is -0.136. The topological polar surface area (TPSA) is 35.5 Å². The first-order valence-corrected chi connectivity index (χ1v) is 7.84. The quantitative estimate of drug-likeness (QED) is 0.592. The van der Waals surface area contributed by atoms with Gasteiger partial charge in [-0.1, -0.05) is 17.7 Å². The van der Waals surface area contributed by atoms with E-state index in [1.165, 1.54) is 0 Å². The van der Waals surface area contributed by atoms with Crippen LogP contribution < -0.4 is 9.47 Å². The summed E-state index contributed by atoms with van der Waals surface area (Å²) in [6, 6.07) is 7.50. The van der Waals surface area contributed by atoms with E-state index in [9.17, 15) is 4.79 Å². The fourth-order valence-electron chi connectivity index (χ4n) is 2.41. The summed E-state index contributed by atoms with van der Waals surface area (Å²) in [6.45, 7) is 9.61. The summed E-state index contributed by atoms with van der Waals surface area (Å²) in [5.74, 6) is 0.753. The number of carbonyl (C=O) groups excluding carboxylic acids is 1. The molecule has 0 amide bonds. The van der Waals surface area contributed by atoms with Crippen molar-refractivity contribution in [3.05, 3.63) is 57.1 Å². The number of aryl methyl sites for hydroxylation is 4. The molecule has 2 aromatic carbocycles. The molecule has 0 aliphatic heterocycles. The Bertz CT molecular complexity index is 728. The van der Waals surface area contributed by atoms with Gasteiger partial charge < -0.3 is 9.47 Å². The van der Waals surface area contributed by atoms with Gasteiger partial charge >= 0.3 is 5.97 Å². The van der Waals surface area contributed by atoms with E-state index in [2.05, 4.69) is 6.07 Å². The van der Waals surface area contributed by atoms with Crippen LogP contribution in [-0.4, -0.2) is 12.6 Å². The average Bonchev–Trinajstić information content (AvgIpc) is 2.47. The first kappa shape index (κ1) is 17.4. The molecule has 2 rings (SSSR count). The van der Waals surface area contributed by atoms with Crippen molar-refractivity contribution in [3.8, 4) is 11.5 Å². The maximum atomic E-state index is 12.0. The summed E-state index contributed by atoms with van der Waals surface area (Å²) >= 11 is 6.11. The second-order valence-corrected chi connectivity index (χ2v) is 6.22. The van der Waals surface area contributed by atoms with Crippen LogP contribution in [0.2, 0.25) is 5.02 Å². The molecule has 0 N–H and O–H groups in total. The van der Waals surface area contributed by atoms with Gasteiger partial charge in [0.2, 0.25) is 0 Å². The Hall–Kier alpha value is -2.00. The van der Waals surface area contributed by atoms with E-state index in [0.29, 0.717) is 16.5 Å². The molecule has 0 saturated heterocycles. The zero-order chi connectivity index (χ0) is 17.1. The van der Waals surface area contributed by atoms with E-state index < -0.39 is 5.97 Å². The van der Waals surface area contributed by atoms with E-state index in [4.69, 9.17) is 21.1 Å². The first-order valence-electron chi connectivity index (χ1n) is 7.46. The Balaban J connectivity index is 2.04. The van der Waals surface area contributed by atoms with Crippen LogP contribution in [0.5, 0.6) is 11.5 Å². The molecule has 0 heterocycles. The van der Waals surface area contributed by atoms with Gasteiger partial charge in [-0.2, -0.15) is 0 Å². The third-order valence-electron chi connectivity index (χ3n) is 3.75. The summed E-state index contributed by atoms with van der Waals surface area (Å²) in [7, 11) is 0. The highest BCUT2D eigenvalue weighted by Crippen LogP contribution is 2.26. The zero-order valence-corrected chi connectivity index (χ0v) is 14.9. The average molecular weight is 333 g/mol. The Morgan fingerprint density at radius 1 is 0.957 bits per heavy atom. The van der Waals surface area contributed by atoms with Gasteiger partial charge in [-0.3, -0.25) is 0 Å². The van der Waals surface area contributed by atoms with Crippen LogP contribution >= 0.6 is 11.6 Å². The molecule has 122 valence electrons. The van der Waals surface area contributed by atoms with E-state index in [1.807, 2.05) is 40.7 Å². The van der Waals surface area contributed by atoms with Crippen molar-refractivity contribution >= 4 is 17.6 Å². The largest absolute Gasteiger partial charge is 0.482 e. The minimum Gasteiger partial charge on any atom is -0.482 e. The second-order valence-electron chi connectivity index (χ2n) is 5.84. The second kappa shape index (κ2) is 7.05. The molecular formula is C19H21ClO3. The highest BCUT2D eigenvalue weighted by molar-refractivity contribution is 6.32. The Morgan fingerprint density at radius 3 is 2.17 bits per heavy atom. The molecule has 23 heavy (non-hydrogen) atoms. The maximum Gasteiger partial charge on any atom is 0.349 e. The summed E-state index contributed by atoms with van der Waals surface area (Å²) in [6.07, 6.45) is 0. The van der Waals surface area contributed by atoms with Crippen LogP contribution in [0, 0.1) is 34.6 Å². The molecule has 0 fully saturated rings. The maximum absolute atomic E-state index is 12.0. The van der Waals surface area contributed by atoms with Crippen molar-refractivity contribution in [1.82, 2.24) is 0 Å². The molecule has 3 nitrogen and oxygen atoms in total. The van der Waals surface area contributed by atoms with Crippen LogP contribution in [0.3, 0.4) is 0 Å². The number of halogens is 1. The van der Waals surface area contributed by atoms with Crippen molar-refractivity contribution < 1.29 is 14.3 Å². The normalized spacial score (nSPS) is 10.5. The Morgan fingerprint density at radius 2 is 1.57 bits per heavy atom. The van der Waals surface area contributed by atoms with E-state index in [1.54, 1.807) is 12.1 Å². The lowest BCUT2D eigenvalue weighted by atomic mass is 10.1. The summed E-state index contributed by atoms with van der Waals surface area (Å²) in [4.78, 5) is 12.0. The standard InChI is InChI=1S/C19H21ClO3/c1-11-6-12(2)15(5)17(7-11)22-10-18(21)23-16-8-13(3)19(20)14(4)9-16/h6-9H,10H2,1-5H3. The number of benzene rings is 2. The van der Waals surface area contributed by atoms with Crippen molar-refractivity contribution in [2.24, 2.45) is 0 Å². The van der Waals surface area contributed by atoms with Crippen molar-refractivity contribution in [1.29, 1.82) is 0 Å². The molecule has 0 atom stereocenters. The number of ether oxygens (including phenoxy) is 2. The van der Waals surface area contributed by atoms with Gasteiger partial charge in [0.1, 0.15) is 11.5 Å². The van der Waals surface area contributed by atoms with Gasteiger partial charge in [0.05, 0.1) is 0 Å². The molecule has 4 heteroatoms. The van der Waals surface area contributed by atoms with E-state index in [0.717, 1.165) is 27.8 Å². The first-order chi connectivity index (χ1) is 10.8. The van der Waals surface area contributed by atoms with Crippen LogP contribution in [0.1, 0.15) is 27.8 Å². The minimum absolute atomic E-state index is 0.134. The molecule has 0 bridgehead atoms. The molecule has 0 aliphatic rings. The molecule has 0 saturated carbocycles. The monoisotopic (exact) mass is 332 g/mol. The smallest absolute Gasteiger partial charge is 0.349 e. The highest BCUT2D eigenvalue weighted by Gasteiger charge is 2.11. The van der Waals surface area contributed by atoms with Crippen LogP contribution in [0.15, 0.2) is 24.3 Å². The number of hydrogen-bond donors (Lipinski definition) is 0. The summed E-state index contributed by atoms with van der Waals surface area (Å²) in [5, 5.41) is 0.687. The zero-order valence-electron chi connectivity index (χ0n) is 14.1. The molecular weight excluding hydrogens is 312 g/mol. The van der Waals surface area contributed by atoms with Gasteiger partial charge in [-0.05, 0) is 80.6 Å². The molecule has 0 aromatic heterocycles. The van der Waals surface area contributed by atoms with Gasteiger partial charge in [-0.15, -0.1) is 0 Å². The third-order valence-corrected chi connectivity index (χ3v) is 4.35. The fourth-order valence-corrected chi connectivity index (χ4v) is 2.52. The lowest BCUT2D eigenvalue weighted by Gasteiger charge is -2.12. The summed E-state index contributed by atoms with van der Waals surface area (Å²) in [5.41, 5.74) is 5.01. The van der Waals surface area contributed by atoms with Crippen LogP contribution in [0.25, 0.3) is 0 Å². The van der Waals surface area contributed by atoms with E-state index >= 15 is 0 Å². The SMILES string of the molecule is Cc1cc(C)c(C)c(OCC(=O)Oc2cc(C)c(Cl)c(C)c2)c1. The van der Waals surface area contributed by atoms with Crippen LogP contribution in [0.4, 0.5) is 0 Å². The number of esters is 1. The highest BCUT2D eigenvalue weighted by atomic mass is 35.5. The van der Waals surface area contributed by atoms with Gasteiger partial charge in [0, 0.05) is 5.02 Å². The van der Waals surface area contributed by atoms with Crippen molar-refractivity contribution in [2.45, 2.75) is 34.6 Å². The predicted molar refractivity (Wildman–Crippen MR) is 92.7 cm³/mol. The summed E-state index contributed by atoms with van der Waals surface area (Å²) < 4.78 is 10.9. The van der Waals surface area contributed by atoms with Gasteiger partial charge in [0.25, 0.3) is 0 Å². The lowest BCUT2D eigenvalue weighted by Crippen LogP contribution is -2.18. The van der Waals surface area contributed by atoms with Gasteiger partial charge in [0.15, 0.2) is 6.61 Å². The number of hydrogen-bond acceptors (Lipinski definition) is 3. The molecule has 0 aliphatic carbocycles. The fraction of sp³-hybridized carbons (Fsp3) is 0.316. The number of carbonyl (C=O) groups is 1. The van der Waals surface area contributed by atoms with Crippen molar-refractivity contribution in [2.75, 3.05) is 6.61 Å². The number of rotatable bonds is 4. The minimum atomic E-state index is -0.440. The van der Waals surface area contributed by atoms with Crippen LogP contribution in [-0.2, 0) is 4.79 Å². The van der Waals surface area contributed by atoms with E-state index in [-0.39, 0.29) is 6.61 Å². The molecule has 0 spiro atoms. The Kier molecular flexibility index (Phi) is 5.32. The Labute approximate surface area is 142 Å². The predicted octanol–water partition coefficient (Wildman–Crippen LogP) is 4.87. The third kappa shape index (κ3) is 4.26. The molecule has 2 aromatic rings. The van der Waals surface area contributed by atoms with Gasteiger partial charge in [-0.25, -0.2) is 4.79 Å². The molecule has 0 unspecified atom stereocenters.